The van der Waals surface area contributed by atoms with Crippen LogP contribution in [0.25, 0.3) is 0 Å². The van der Waals surface area contributed by atoms with Crippen molar-refractivity contribution >= 4 is 23.5 Å². The van der Waals surface area contributed by atoms with E-state index < -0.39 is 0 Å². The van der Waals surface area contributed by atoms with Gasteiger partial charge in [-0.3, -0.25) is 5.43 Å². The molecule has 0 radical (unpaired) electrons. The van der Waals surface area contributed by atoms with Gasteiger partial charge in [-0.05, 0) is 37.4 Å². The van der Waals surface area contributed by atoms with E-state index in [1.54, 1.807) is 0 Å². The summed E-state index contributed by atoms with van der Waals surface area (Å²) in [7, 11) is 0. The van der Waals surface area contributed by atoms with Gasteiger partial charge in [-0.15, -0.1) is 0 Å². The fourth-order valence-electron chi connectivity index (χ4n) is 1.16. The molecular weight excluding hydrogens is 170 g/mol. The Morgan fingerprint density at radius 1 is 1.67 bits per heavy atom. The Morgan fingerprint density at radius 3 is 3.08 bits per heavy atom. The number of rotatable bonds is 2. The summed E-state index contributed by atoms with van der Waals surface area (Å²) in [5, 5.41) is 4.14. The summed E-state index contributed by atoms with van der Waals surface area (Å²) in [6.07, 6.45) is 9.64. The van der Waals surface area contributed by atoms with Crippen LogP contribution in [0.2, 0.25) is 0 Å². The normalized spacial score (nSPS) is 22.8. The lowest BCUT2D eigenvalue weighted by Gasteiger charge is -2.11. The molecule has 0 aromatic carbocycles. The SMILES string of the molecule is NC(=S)N/N=C/[C@@H]1CC=CCC1. The summed E-state index contributed by atoms with van der Waals surface area (Å²) in [5.41, 5.74) is 7.75. The zero-order valence-corrected chi connectivity index (χ0v) is 7.68. The molecule has 0 unspecified atom stereocenters. The molecule has 0 aromatic rings. The highest BCUT2D eigenvalue weighted by Crippen LogP contribution is 2.15. The monoisotopic (exact) mass is 183 g/mol. The Bertz CT molecular complexity index is 210. The number of nitrogens with zero attached hydrogens (tertiary/aromatic N) is 1. The van der Waals surface area contributed by atoms with Crippen molar-refractivity contribution in [3.8, 4) is 0 Å². The van der Waals surface area contributed by atoms with Crippen molar-refractivity contribution in [2.75, 3.05) is 0 Å². The molecule has 1 aliphatic rings. The number of hydrogen-bond donors (Lipinski definition) is 2. The molecule has 12 heavy (non-hydrogen) atoms. The quantitative estimate of drug-likeness (QED) is 0.292. The molecule has 0 aliphatic heterocycles. The fourth-order valence-corrected chi connectivity index (χ4v) is 1.21. The first-order valence-electron chi connectivity index (χ1n) is 4.02. The van der Waals surface area contributed by atoms with Crippen LogP contribution in [0.5, 0.6) is 0 Å². The van der Waals surface area contributed by atoms with Gasteiger partial charge in [-0.1, -0.05) is 12.2 Å². The van der Waals surface area contributed by atoms with Crippen molar-refractivity contribution in [3.05, 3.63) is 12.2 Å². The topological polar surface area (TPSA) is 50.4 Å². The van der Waals surface area contributed by atoms with Gasteiger partial charge in [0.15, 0.2) is 5.11 Å². The van der Waals surface area contributed by atoms with E-state index in [0.717, 1.165) is 12.8 Å². The predicted molar refractivity (Wildman–Crippen MR) is 54.9 cm³/mol. The summed E-state index contributed by atoms with van der Waals surface area (Å²) in [5.74, 6) is 0.539. The van der Waals surface area contributed by atoms with Crippen LogP contribution in [-0.2, 0) is 0 Å². The number of nitrogens with one attached hydrogen (secondary N) is 1. The highest BCUT2D eigenvalue weighted by Gasteiger charge is 2.05. The van der Waals surface area contributed by atoms with Crippen LogP contribution < -0.4 is 11.2 Å². The minimum absolute atomic E-state index is 0.220. The second-order valence-electron chi connectivity index (χ2n) is 2.80. The highest BCUT2D eigenvalue weighted by atomic mass is 32.1. The molecule has 0 bridgehead atoms. The molecular formula is C8H13N3S. The standard InChI is InChI=1S/C8H13N3S/c9-8(12)11-10-6-7-4-2-1-3-5-7/h1-2,6-7H,3-5H2,(H3,9,11,12)/b10-6+/t7-/m1/s1. The minimum atomic E-state index is 0.220. The van der Waals surface area contributed by atoms with E-state index in [2.05, 4.69) is 34.9 Å². The lowest BCUT2D eigenvalue weighted by atomic mass is 9.96. The van der Waals surface area contributed by atoms with Crippen LogP contribution in [0.4, 0.5) is 0 Å². The van der Waals surface area contributed by atoms with Gasteiger partial charge in [-0.2, -0.15) is 5.10 Å². The maximum Gasteiger partial charge on any atom is 0.184 e. The third-order valence-electron chi connectivity index (χ3n) is 1.77. The van der Waals surface area contributed by atoms with E-state index in [9.17, 15) is 0 Å². The fraction of sp³-hybridized carbons (Fsp3) is 0.500. The van der Waals surface area contributed by atoms with Gasteiger partial charge in [0.05, 0.1) is 0 Å². The molecule has 0 heterocycles. The van der Waals surface area contributed by atoms with Gasteiger partial charge < -0.3 is 5.73 Å². The van der Waals surface area contributed by atoms with Crippen molar-refractivity contribution in [3.63, 3.8) is 0 Å². The Balaban J connectivity index is 2.25. The first kappa shape index (κ1) is 9.19. The van der Waals surface area contributed by atoms with Gasteiger partial charge in [0.1, 0.15) is 0 Å². The van der Waals surface area contributed by atoms with E-state index in [1.165, 1.54) is 6.42 Å². The molecule has 0 amide bonds. The minimum Gasteiger partial charge on any atom is -0.375 e. The second-order valence-corrected chi connectivity index (χ2v) is 3.24. The second kappa shape index (κ2) is 4.87. The molecule has 1 aliphatic carbocycles. The number of allylic oxidation sites excluding steroid dienone is 2. The molecule has 66 valence electrons. The summed E-state index contributed by atoms with van der Waals surface area (Å²) in [4.78, 5) is 0. The van der Waals surface area contributed by atoms with E-state index in [-0.39, 0.29) is 5.11 Å². The lowest BCUT2D eigenvalue weighted by molar-refractivity contribution is 0.624. The molecule has 1 rings (SSSR count). The molecule has 0 fully saturated rings. The molecule has 0 saturated carbocycles. The molecule has 0 saturated heterocycles. The van der Waals surface area contributed by atoms with Crippen molar-refractivity contribution < 1.29 is 0 Å². The van der Waals surface area contributed by atoms with Crippen molar-refractivity contribution in [2.45, 2.75) is 19.3 Å². The van der Waals surface area contributed by atoms with Crippen LogP contribution in [0.15, 0.2) is 17.3 Å². The third-order valence-corrected chi connectivity index (χ3v) is 1.86. The zero-order chi connectivity index (χ0) is 8.81. The van der Waals surface area contributed by atoms with Crippen molar-refractivity contribution in [1.82, 2.24) is 5.43 Å². The van der Waals surface area contributed by atoms with Gasteiger partial charge in [0.25, 0.3) is 0 Å². The van der Waals surface area contributed by atoms with Crippen LogP contribution in [0, 0.1) is 5.92 Å². The average Bonchev–Trinajstić information content (AvgIpc) is 2.05. The average molecular weight is 183 g/mol. The largest absolute Gasteiger partial charge is 0.375 e. The third kappa shape index (κ3) is 3.48. The smallest absolute Gasteiger partial charge is 0.184 e. The van der Waals surface area contributed by atoms with Crippen LogP contribution in [-0.4, -0.2) is 11.3 Å². The number of hydrazone groups is 1. The summed E-state index contributed by atoms with van der Waals surface area (Å²) < 4.78 is 0. The maximum absolute atomic E-state index is 5.20. The maximum atomic E-state index is 5.20. The van der Waals surface area contributed by atoms with Crippen LogP contribution in [0.3, 0.4) is 0 Å². The summed E-state index contributed by atoms with van der Waals surface area (Å²) in [6, 6.07) is 0. The molecule has 0 spiro atoms. The molecule has 3 nitrogen and oxygen atoms in total. The van der Waals surface area contributed by atoms with E-state index in [4.69, 9.17) is 5.73 Å². The van der Waals surface area contributed by atoms with E-state index in [1.807, 2.05) is 6.21 Å². The zero-order valence-electron chi connectivity index (χ0n) is 6.86. The first-order chi connectivity index (χ1) is 5.79. The van der Waals surface area contributed by atoms with E-state index in [0.29, 0.717) is 5.92 Å². The highest BCUT2D eigenvalue weighted by molar-refractivity contribution is 7.80. The summed E-state index contributed by atoms with van der Waals surface area (Å²) >= 11 is 4.60. The molecule has 1 atom stereocenters. The van der Waals surface area contributed by atoms with Gasteiger partial charge in [0, 0.05) is 6.21 Å². The predicted octanol–water partition coefficient (Wildman–Crippen LogP) is 1.16. The molecule has 0 aromatic heterocycles. The van der Waals surface area contributed by atoms with Crippen LogP contribution >= 0.6 is 12.2 Å². The van der Waals surface area contributed by atoms with Gasteiger partial charge in [0.2, 0.25) is 0 Å². The molecule has 4 heteroatoms. The lowest BCUT2D eigenvalue weighted by Crippen LogP contribution is -2.24. The molecule has 3 N–H and O–H groups in total. The Morgan fingerprint density at radius 2 is 2.50 bits per heavy atom. The number of nitrogens with two attached hydrogens (primary N) is 1. The van der Waals surface area contributed by atoms with Gasteiger partial charge >= 0.3 is 0 Å². The van der Waals surface area contributed by atoms with Crippen molar-refractivity contribution in [1.29, 1.82) is 0 Å². The summed E-state index contributed by atoms with van der Waals surface area (Å²) in [6.45, 7) is 0. The van der Waals surface area contributed by atoms with Crippen LogP contribution in [0.1, 0.15) is 19.3 Å². The number of hydrogen-bond acceptors (Lipinski definition) is 2. The Labute approximate surface area is 77.7 Å². The Hall–Kier alpha value is -0.900. The number of thiocarbonyl (C=S) groups is 1. The van der Waals surface area contributed by atoms with Crippen molar-refractivity contribution in [2.24, 2.45) is 16.8 Å². The first-order valence-corrected chi connectivity index (χ1v) is 4.43. The Kier molecular flexibility index (Phi) is 3.73. The van der Waals surface area contributed by atoms with Gasteiger partial charge in [-0.25, -0.2) is 0 Å². The van der Waals surface area contributed by atoms with E-state index >= 15 is 0 Å².